The molecule has 6 heteroatoms. The summed E-state index contributed by atoms with van der Waals surface area (Å²) in [4.78, 5) is 7.45. The maximum Gasteiger partial charge on any atom is 0.147 e. The normalized spacial score (nSPS) is 15.0. The van der Waals surface area contributed by atoms with E-state index in [4.69, 9.17) is 4.98 Å². The lowest BCUT2D eigenvalue weighted by Gasteiger charge is -2.30. The maximum atomic E-state index is 4.92. The first-order chi connectivity index (χ1) is 12.5. The van der Waals surface area contributed by atoms with E-state index >= 15 is 0 Å². The molecule has 26 heavy (non-hydrogen) atoms. The van der Waals surface area contributed by atoms with Crippen LogP contribution in [0, 0.1) is 13.8 Å². The van der Waals surface area contributed by atoms with Gasteiger partial charge in [-0.1, -0.05) is 15.9 Å². The molecule has 0 aliphatic carbocycles. The number of halogens is 3. The molecule has 0 spiro atoms. The number of anilines is 1. The average Bonchev–Trinajstić information content (AvgIpc) is 2.90. The zero-order valence-electron chi connectivity index (χ0n) is 14.8. The van der Waals surface area contributed by atoms with Gasteiger partial charge < -0.3 is 4.90 Å². The van der Waals surface area contributed by atoms with E-state index in [0.29, 0.717) is 0 Å². The number of aromatic nitrogens is 2. The Hall–Kier alpha value is -0.850. The number of fused-ring (bicyclic) bond motifs is 1. The fourth-order valence-electron chi connectivity index (χ4n) is 3.83. The number of pyridine rings is 1. The summed E-state index contributed by atoms with van der Waals surface area (Å²) in [5.74, 6) is 0. The van der Waals surface area contributed by atoms with Gasteiger partial charge in [0.1, 0.15) is 5.65 Å². The summed E-state index contributed by atoms with van der Waals surface area (Å²) in [5, 5.41) is 1.26. The Bertz CT molecular complexity index is 965. The van der Waals surface area contributed by atoms with Crippen molar-refractivity contribution in [2.45, 2.75) is 33.1 Å². The van der Waals surface area contributed by atoms with Crippen LogP contribution < -0.4 is 4.90 Å². The van der Waals surface area contributed by atoms with Crippen molar-refractivity contribution in [3.8, 4) is 5.69 Å². The van der Waals surface area contributed by atoms with Gasteiger partial charge in [0.05, 0.1) is 5.69 Å². The largest absolute Gasteiger partial charge is 0.371 e. The molecule has 3 nitrogen and oxygen atoms in total. The molecule has 0 amide bonds. The Morgan fingerprint density at radius 3 is 2.23 bits per heavy atom. The highest BCUT2D eigenvalue weighted by atomic mass is 79.9. The van der Waals surface area contributed by atoms with Crippen LogP contribution in [-0.4, -0.2) is 22.6 Å². The van der Waals surface area contributed by atoms with Gasteiger partial charge in [0, 0.05) is 49.5 Å². The lowest BCUT2D eigenvalue weighted by Crippen LogP contribution is -2.29. The van der Waals surface area contributed by atoms with E-state index in [9.17, 15) is 0 Å². The Kier molecular flexibility index (Phi) is 5.19. The lowest BCUT2D eigenvalue weighted by atomic mass is 10.1. The number of hydrogen-bond acceptors (Lipinski definition) is 2. The molecule has 0 saturated carbocycles. The Morgan fingerprint density at radius 1 is 0.923 bits per heavy atom. The Labute approximate surface area is 179 Å². The summed E-state index contributed by atoms with van der Waals surface area (Å²) < 4.78 is 5.29. The molecule has 3 aromatic rings. The van der Waals surface area contributed by atoms with Crippen molar-refractivity contribution >= 4 is 64.5 Å². The minimum absolute atomic E-state index is 1.02. The van der Waals surface area contributed by atoms with Crippen LogP contribution >= 0.6 is 47.8 Å². The molecule has 1 saturated heterocycles. The van der Waals surface area contributed by atoms with Gasteiger partial charge in [0.25, 0.3) is 0 Å². The molecular formula is C20H20Br3N3. The van der Waals surface area contributed by atoms with Crippen LogP contribution in [0.2, 0.25) is 0 Å². The van der Waals surface area contributed by atoms with E-state index in [1.165, 1.54) is 35.9 Å². The lowest BCUT2D eigenvalue weighted by molar-refractivity contribution is 0.579. The predicted molar refractivity (Wildman–Crippen MR) is 120 cm³/mol. The number of hydrogen-bond donors (Lipinski definition) is 0. The highest BCUT2D eigenvalue weighted by Crippen LogP contribution is 2.38. The smallest absolute Gasteiger partial charge is 0.147 e. The van der Waals surface area contributed by atoms with E-state index in [0.717, 1.165) is 43.5 Å². The molecule has 2 aromatic heterocycles. The summed E-state index contributed by atoms with van der Waals surface area (Å²) in [6.45, 7) is 6.54. The predicted octanol–water partition coefficient (Wildman–Crippen LogP) is 6.92. The Balaban J connectivity index is 1.98. The molecule has 0 bridgehead atoms. The standard InChI is InChI=1S/C20H20Br3N3/c1-12-11-26(19-15(22)9-14(21)10-16(19)23)20-18(12)17(8-13(2)24-20)25-6-4-3-5-7-25/h8-11H,3-7H2,1-2H3. The maximum absolute atomic E-state index is 4.92. The van der Waals surface area contributed by atoms with Crippen molar-refractivity contribution in [2.75, 3.05) is 18.0 Å². The van der Waals surface area contributed by atoms with E-state index in [2.05, 4.69) is 95.5 Å². The van der Waals surface area contributed by atoms with Crippen molar-refractivity contribution in [1.29, 1.82) is 0 Å². The van der Waals surface area contributed by atoms with Crippen molar-refractivity contribution in [3.63, 3.8) is 0 Å². The summed E-state index contributed by atoms with van der Waals surface area (Å²) in [6, 6.07) is 6.39. The molecule has 0 unspecified atom stereocenters. The van der Waals surface area contributed by atoms with Crippen molar-refractivity contribution < 1.29 is 0 Å². The monoisotopic (exact) mass is 539 g/mol. The summed E-state index contributed by atoms with van der Waals surface area (Å²) >= 11 is 11.0. The van der Waals surface area contributed by atoms with E-state index in [-0.39, 0.29) is 0 Å². The van der Waals surface area contributed by atoms with Gasteiger partial charge in [-0.15, -0.1) is 0 Å². The highest BCUT2D eigenvalue weighted by molar-refractivity contribution is 9.11. The second kappa shape index (κ2) is 7.28. The fourth-order valence-corrected chi connectivity index (χ4v) is 6.47. The third kappa shape index (κ3) is 3.25. The van der Waals surface area contributed by atoms with Crippen LogP contribution in [0.4, 0.5) is 5.69 Å². The summed E-state index contributed by atoms with van der Waals surface area (Å²) in [5.41, 5.74) is 5.74. The van der Waals surface area contributed by atoms with Gasteiger partial charge in [0.2, 0.25) is 0 Å². The number of benzene rings is 1. The Morgan fingerprint density at radius 2 is 1.58 bits per heavy atom. The fraction of sp³-hybridized carbons (Fsp3) is 0.350. The number of aryl methyl sites for hydroxylation is 2. The zero-order valence-corrected chi connectivity index (χ0v) is 19.6. The van der Waals surface area contributed by atoms with E-state index in [1.807, 2.05) is 0 Å². The molecule has 0 radical (unpaired) electrons. The van der Waals surface area contributed by atoms with Crippen LogP contribution in [0.3, 0.4) is 0 Å². The van der Waals surface area contributed by atoms with Gasteiger partial charge >= 0.3 is 0 Å². The molecule has 1 aliphatic heterocycles. The molecule has 1 aromatic carbocycles. The van der Waals surface area contributed by atoms with Crippen LogP contribution in [0.1, 0.15) is 30.5 Å². The molecule has 4 rings (SSSR count). The third-order valence-corrected chi connectivity index (χ3v) is 6.64. The summed E-state index contributed by atoms with van der Waals surface area (Å²) in [7, 11) is 0. The number of piperidine rings is 1. The molecular weight excluding hydrogens is 522 g/mol. The van der Waals surface area contributed by atoms with E-state index in [1.54, 1.807) is 0 Å². The SMILES string of the molecule is Cc1cc(N2CCCCC2)c2c(C)cn(-c3c(Br)cc(Br)cc3Br)c2n1. The van der Waals surface area contributed by atoms with Crippen LogP contribution in [0.25, 0.3) is 16.7 Å². The highest BCUT2D eigenvalue weighted by Gasteiger charge is 2.21. The topological polar surface area (TPSA) is 21.1 Å². The first kappa shape index (κ1) is 18.5. The minimum atomic E-state index is 1.02. The second-order valence-electron chi connectivity index (χ2n) is 6.93. The molecule has 1 fully saturated rings. The van der Waals surface area contributed by atoms with Gasteiger partial charge in [-0.3, -0.25) is 4.57 Å². The first-order valence-electron chi connectivity index (χ1n) is 8.85. The van der Waals surface area contributed by atoms with Gasteiger partial charge in [-0.2, -0.15) is 0 Å². The number of nitrogens with zero attached hydrogens (tertiary/aromatic N) is 3. The van der Waals surface area contributed by atoms with Gasteiger partial charge in [0.15, 0.2) is 0 Å². The van der Waals surface area contributed by atoms with Crippen LogP contribution in [0.5, 0.6) is 0 Å². The van der Waals surface area contributed by atoms with Crippen LogP contribution in [-0.2, 0) is 0 Å². The first-order valence-corrected chi connectivity index (χ1v) is 11.2. The van der Waals surface area contributed by atoms with E-state index < -0.39 is 0 Å². The molecule has 136 valence electrons. The quantitative estimate of drug-likeness (QED) is 0.351. The van der Waals surface area contributed by atoms with Gasteiger partial charge in [-0.05, 0) is 88.7 Å². The van der Waals surface area contributed by atoms with Crippen molar-refractivity contribution in [2.24, 2.45) is 0 Å². The van der Waals surface area contributed by atoms with Crippen molar-refractivity contribution in [3.05, 3.63) is 49.1 Å². The van der Waals surface area contributed by atoms with Crippen molar-refractivity contribution in [1.82, 2.24) is 9.55 Å². The molecule has 1 aliphatic rings. The average molecular weight is 542 g/mol. The molecule has 0 atom stereocenters. The van der Waals surface area contributed by atoms with Crippen LogP contribution in [0.15, 0.2) is 37.8 Å². The molecule has 3 heterocycles. The molecule has 0 N–H and O–H groups in total. The zero-order chi connectivity index (χ0) is 18.4. The van der Waals surface area contributed by atoms with Gasteiger partial charge in [-0.25, -0.2) is 4.98 Å². The number of rotatable bonds is 2. The minimum Gasteiger partial charge on any atom is -0.371 e. The summed E-state index contributed by atoms with van der Waals surface area (Å²) in [6.07, 6.45) is 6.07. The third-order valence-electron chi connectivity index (χ3n) is 4.97. The second-order valence-corrected chi connectivity index (χ2v) is 9.55.